The van der Waals surface area contributed by atoms with Gasteiger partial charge < -0.3 is 15.1 Å². The monoisotopic (exact) mass is 365 g/mol. The van der Waals surface area contributed by atoms with Crippen LogP contribution in [0, 0.1) is 0 Å². The number of hydrogen-bond donors (Lipinski definition) is 1. The van der Waals surface area contributed by atoms with Crippen molar-refractivity contribution in [2.45, 2.75) is 20.3 Å². The summed E-state index contributed by atoms with van der Waals surface area (Å²) in [7, 11) is 0. The van der Waals surface area contributed by atoms with E-state index in [9.17, 15) is 9.59 Å². The molecule has 2 aromatic carbocycles. The highest BCUT2D eigenvalue weighted by atomic mass is 16.2. The van der Waals surface area contributed by atoms with Crippen molar-refractivity contribution < 1.29 is 9.59 Å². The fraction of sp³-hybridized carbons (Fsp3) is 0.364. The zero-order valence-electron chi connectivity index (χ0n) is 16.1. The molecule has 1 saturated heterocycles. The van der Waals surface area contributed by atoms with Crippen LogP contribution in [0.5, 0.6) is 0 Å². The van der Waals surface area contributed by atoms with E-state index in [1.165, 1.54) is 0 Å². The number of carbonyl (C=O) groups is 2. The minimum absolute atomic E-state index is 0.00522. The third-order valence-corrected chi connectivity index (χ3v) is 5.12. The van der Waals surface area contributed by atoms with E-state index in [-0.39, 0.29) is 11.8 Å². The van der Waals surface area contributed by atoms with E-state index in [1.54, 1.807) is 24.3 Å². The van der Waals surface area contributed by atoms with Gasteiger partial charge in [-0.1, -0.05) is 38.1 Å². The summed E-state index contributed by atoms with van der Waals surface area (Å²) in [6, 6.07) is 14.8. The quantitative estimate of drug-likeness (QED) is 0.885. The highest BCUT2D eigenvalue weighted by molar-refractivity contribution is 6.06. The second-order valence-electron chi connectivity index (χ2n) is 6.77. The molecule has 0 spiro atoms. The van der Waals surface area contributed by atoms with Crippen molar-refractivity contribution in [3.63, 3.8) is 0 Å². The Balaban J connectivity index is 1.71. The smallest absolute Gasteiger partial charge is 0.255 e. The van der Waals surface area contributed by atoms with Crippen LogP contribution >= 0.6 is 0 Å². The summed E-state index contributed by atoms with van der Waals surface area (Å²) in [5.74, 6) is -0.198. The number of hydrogen-bond acceptors (Lipinski definition) is 3. The third kappa shape index (κ3) is 4.55. The van der Waals surface area contributed by atoms with Gasteiger partial charge in [0, 0.05) is 43.0 Å². The van der Waals surface area contributed by atoms with Crippen LogP contribution in [0.25, 0.3) is 0 Å². The van der Waals surface area contributed by atoms with E-state index in [0.29, 0.717) is 11.1 Å². The Kier molecular flexibility index (Phi) is 6.24. The zero-order chi connectivity index (χ0) is 19.2. The number of nitrogens with zero attached hydrogens (tertiary/aromatic N) is 2. The van der Waals surface area contributed by atoms with Gasteiger partial charge in [0.1, 0.15) is 0 Å². The van der Waals surface area contributed by atoms with Gasteiger partial charge in [-0.15, -0.1) is 0 Å². The molecule has 0 bridgehead atoms. The molecule has 0 saturated carbocycles. The number of aryl methyl sites for hydroxylation is 1. The van der Waals surface area contributed by atoms with Gasteiger partial charge >= 0.3 is 0 Å². The van der Waals surface area contributed by atoms with Crippen molar-refractivity contribution in [2.75, 3.05) is 38.0 Å². The number of para-hydroxylation sites is 1. The van der Waals surface area contributed by atoms with Gasteiger partial charge in [-0.2, -0.15) is 0 Å². The molecule has 1 aliphatic rings. The van der Waals surface area contributed by atoms with Crippen LogP contribution in [0.1, 0.15) is 40.1 Å². The molecule has 1 aliphatic heterocycles. The molecule has 27 heavy (non-hydrogen) atoms. The zero-order valence-corrected chi connectivity index (χ0v) is 16.1. The van der Waals surface area contributed by atoms with Crippen molar-refractivity contribution in [3.8, 4) is 0 Å². The third-order valence-electron chi connectivity index (χ3n) is 5.12. The minimum Gasteiger partial charge on any atom is -0.336 e. The predicted octanol–water partition coefficient (Wildman–Crippen LogP) is 3.28. The summed E-state index contributed by atoms with van der Waals surface area (Å²) in [5, 5.41) is 2.97. The lowest BCUT2D eigenvalue weighted by Gasteiger charge is -2.34. The van der Waals surface area contributed by atoms with Gasteiger partial charge in [0.25, 0.3) is 11.8 Å². The Morgan fingerprint density at radius 3 is 2.33 bits per heavy atom. The van der Waals surface area contributed by atoms with Gasteiger partial charge in [-0.25, -0.2) is 0 Å². The van der Waals surface area contributed by atoms with Crippen LogP contribution in [0.15, 0.2) is 48.5 Å². The van der Waals surface area contributed by atoms with E-state index in [1.807, 2.05) is 29.2 Å². The average Bonchev–Trinajstić information content (AvgIpc) is 2.73. The predicted molar refractivity (Wildman–Crippen MR) is 108 cm³/mol. The van der Waals surface area contributed by atoms with Crippen LogP contribution in [0.3, 0.4) is 0 Å². The highest BCUT2D eigenvalue weighted by Crippen LogP contribution is 2.17. The lowest BCUT2D eigenvalue weighted by Crippen LogP contribution is -2.48. The molecular weight excluding hydrogens is 338 g/mol. The first-order valence-electron chi connectivity index (χ1n) is 9.63. The average molecular weight is 365 g/mol. The van der Waals surface area contributed by atoms with E-state index >= 15 is 0 Å². The first-order chi connectivity index (χ1) is 13.1. The molecule has 0 aromatic heterocycles. The lowest BCUT2D eigenvalue weighted by molar-refractivity contribution is 0.0643. The van der Waals surface area contributed by atoms with E-state index < -0.39 is 0 Å². The maximum Gasteiger partial charge on any atom is 0.255 e. The standard InChI is InChI=1S/C22H27N3O2/c1-3-17-8-5-6-11-20(17)23-21(26)18-9-7-10-19(16-18)22(27)25-14-12-24(4-2)13-15-25/h5-11,16H,3-4,12-15H2,1-2H3,(H,23,26). The van der Waals surface area contributed by atoms with Crippen LogP contribution in [0.2, 0.25) is 0 Å². The molecule has 2 amide bonds. The molecule has 1 fully saturated rings. The van der Waals surface area contributed by atoms with E-state index in [2.05, 4.69) is 24.1 Å². The summed E-state index contributed by atoms with van der Waals surface area (Å²) in [6.45, 7) is 8.46. The Hall–Kier alpha value is -2.66. The Morgan fingerprint density at radius 2 is 1.63 bits per heavy atom. The Labute approximate surface area is 161 Å². The molecular formula is C22H27N3O2. The Morgan fingerprint density at radius 1 is 0.926 bits per heavy atom. The van der Waals surface area contributed by atoms with Gasteiger partial charge in [0.2, 0.25) is 0 Å². The maximum absolute atomic E-state index is 12.8. The van der Waals surface area contributed by atoms with Crippen molar-refractivity contribution in [3.05, 3.63) is 65.2 Å². The summed E-state index contributed by atoms with van der Waals surface area (Å²) >= 11 is 0. The number of anilines is 1. The van der Waals surface area contributed by atoms with Crippen LogP contribution in [-0.4, -0.2) is 54.3 Å². The fourth-order valence-electron chi connectivity index (χ4n) is 3.39. The molecule has 2 aromatic rings. The second-order valence-corrected chi connectivity index (χ2v) is 6.77. The second kappa shape index (κ2) is 8.82. The molecule has 0 unspecified atom stereocenters. The molecule has 3 rings (SSSR count). The minimum atomic E-state index is -0.193. The highest BCUT2D eigenvalue weighted by Gasteiger charge is 2.22. The lowest BCUT2D eigenvalue weighted by atomic mass is 10.1. The molecule has 0 aliphatic carbocycles. The number of rotatable bonds is 5. The van der Waals surface area contributed by atoms with E-state index in [4.69, 9.17) is 0 Å². The van der Waals surface area contributed by atoms with Gasteiger partial charge in [0.15, 0.2) is 0 Å². The summed E-state index contributed by atoms with van der Waals surface area (Å²) < 4.78 is 0. The number of nitrogens with one attached hydrogen (secondary N) is 1. The molecule has 0 radical (unpaired) electrons. The topological polar surface area (TPSA) is 52.7 Å². The number of likely N-dealkylation sites (N-methyl/N-ethyl adjacent to an activating group) is 1. The maximum atomic E-state index is 12.8. The molecule has 1 N–H and O–H groups in total. The summed E-state index contributed by atoms with van der Waals surface area (Å²) in [5.41, 5.74) is 2.97. The molecule has 0 atom stereocenters. The molecule has 142 valence electrons. The molecule has 5 nitrogen and oxygen atoms in total. The number of piperazine rings is 1. The largest absolute Gasteiger partial charge is 0.336 e. The van der Waals surface area contributed by atoms with Crippen LogP contribution in [0.4, 0.5) is 5.69 Å². The van der Waals surface area contributed by atoms with Gasteiger partial charge in [-0.3, -0.25) is 9.59 Å². The normalized spacial score (nSPS) is 14.8. The summed E-state index contributed by atoms with van der Waals surface area (Å²) in [6.07, 6.45) is 0.846. The fourth-order valence-corrected chi connectivity index (χ4v) is 3.39. The van der Waals surface area contributed by atoms with Gasteiger partial charge in [0.05, 0.1) is 0 Å². The summed E-state index contributed by atoms with van der Waals surface area (Å²) in [4.78, 5) is 29.7. The van der Waals surface area contributed by atoms with Crippen LogP contribution in [-0.2, 0) is 6.42 Å². The number of amides is 2. The SMILES string of the molecule is CCc1ccccc1NC(=O)c1cccc(C(=O)N2CCN(CC)CC2)c1. The van der Waals surface area contributed by atoms with Crippen LogP contribution < -0.4 is 5.32 Å². The van der Waals surface area contributed by atoms with Crippen molar-refractivity contribution >= 4 is 17.5 Å². The Bertz CT molecular complexity index is 811. The van der Waals surface area contributed by atoms with Crippen molar-refractivity contribution in [1.82, 2.24) is 9.80 Å². The number of carbonyl (C=O) groups excluding carboxylic acids is 2. The van der Waals surface area contributed by atoms with E-state index in [0.717, 1.165) is 50.4 Å². The van der Waals surface area contributed by atoms with Crippen molar-refractivity contribution in [1.29, 1.82) is 0 Å². The van der Waals surface area contributed by atoms with Gasteiger partial charge in [-0.05, 0) is 42.8 Å². The first-order valence-corrected chi connectivity index (χ1v) is 9.63. The molecule has 1 heterocycles. The number of benzene rings is 2. The molecule has 5 heteroatoms. The first kappa shape index (κ1) is 19.1. The van der Waals surface area contributed by atoms with Crippen molar-refractivity contribution in [2.24, 2.45) is 0 Å².